The number of rotatable bonds is 1. The van der Waals surface area contributed by atoms with Crippen molar-refractivity contribution in [2.75, 3.05) is 6.61 Å². The molecular formula is C14H14O2. The molecule has 2 atom stereocenters. The average molecular weight is 214 g/mol. The summed E-state index contributed by atoms with van der Waals surface area (Å²) >= 11 is 0. The molecule has 2 nitrogen and oxygen atoms in total. The van der Waals surface area contributed by atoms with Gasteiger partial charge in [0.25, 0.3) is 0 Å². The molecular weight excluding hydrogens is 200 g/mol. The van der Waals surface area contributed by atoms with Crippen molar-refractivity contribution in [3.05, 3.63) is 41.5 Å². The topological polar surface area (TPSA) is 26.3 Å². The van der Waals surface area contributed by atoms with Crippen LogP contribution in [0.5, 0.6) is 0 Å². The van der Waals surface area contributed by atoms with Gasteiger partial charge in [-0.25, -0.2) is 0 Å². The third-order valence-corrected chi connectivity index (χ3v) is 3.49. The second-order valence-electron chi connectivity index (χ2n) is 4.50. The van der Waals surface area contributed by atoms with Crippen LogP contribution in [0.3, 0.4) is 0 Å². The normalized spacial score (nSPS) is 28.7. The van der Waals surface area contributed by atoms with E-state index in [1.165, 1.54) is 5.57 Å². The highest BCUT2D eigenvalue weighted by atomic mass is 16.5. The molecule has 1 aromatic carbocycles. The standard InChI is InChI=1S/C14H14O2/c1-9-13-11(8-16-9)7-12(15)14(13)10-5-3-2-4-6-10/h2-6,9,11H,7-8H2,1H3/t9-,11-/m0/s1. The molecule has 1 heterocycles. The van der Waals surface area contributed by atoms with E-state index in [0.717, 1.165) is 11.1 Å². The molecule has 2 heteroatoms. The third-order valence-electron chi connectivity index (χ3n) is 3.49. The lowest BCUT2D eigenvalue weighted by molar-refractivity contribution is -0.113. The Bertz CT molecular complexity index is 459. The summed E-state index contributed by atoms with van der Waals surface area (Å²) in [4.78, 5) is 12.0. The van der Waals surface area contributed by atoms with Gasteiger partial charge in [0.2, 0.25) is 0 Å². The van der Waals surface area contributed by atoms with E-state index in [4.69, 9.17) is 4.74 Å². The van der Waals surface area contributed by atoms with E-state index < -0.39 is 0 Å². The molecule has 2 aliphatic rings. The van der Waals surface area contributed by atoms with Gasteiger partial charge in [0.05, 0.1) is 12.7 Å². The van der Waals surface area contributed by atoms with Gasteiger partial charge in [-0.2, -0.15) is 0 Å². The molecule has 1 aliphatic heterocycles. The van der Waals surface area contributed by atoms with Crippen molar-refractivity contribution in [1.29, 1.82) is 0 Å². The Morgan fingerprint density at radius 2 is 2.00 bits per heavy atom. The van der Waals surface area contributed by atoms with Gasteiger partial charge in [0.1, 0.15) is 0 Å². The molecule has 1 fully saturated rings. The second-order valence-corrected chi connectivity index (χ2v) is 4.50. The maximum absolute atomic E-state index is 12.0. The second kappa shape index (κ2) is 3.56. The number of carbonyl (C=O) groups is 1. The molecule has 0 aromatic heterocycles. The zero-order valence-corrected chi connectivity index (χ0v) is 9.27. The van der Waals surface area contributed by atoms with Crippen LogP contribution in [0, 0.1) is 5.92 Å². The first kappa shape index (κ1) is 9.79. The molecule has 0 saturated carbocycles. The highest BCUT2D eigenvalue weighted by Gasteiger charge is 2.40. The fourth-order valence-corrected chi connectivity index (χ4v) is 2.77. The molecule has 0 unspecified atom stereocenters. The van der Waals surface area contributed by atoms with Gasteiger partial charge in [0.15, 0.2) is 5.78 Å². The molecule has 3 rings (SSSR count). The van der Waals surface area contributed by atoms with Gasteiger partial charge in [-0.15, -0.1) is 0 Å². The van der Waals surface area contributed by atoms with Crippen LogP contribution in [0.2, 0.25) is 0 Å². The first-order valence-electron chi connectivity index (χ1n) is 5.71. The van der Waals surface area contributed by atoms with Crippen molar-refractivity contribution in [1.82, 2.24) is 0 Å². The van der Waals surface area contributed by atoms with E-state index in [2.05, 4.69) is 0 Å². The van der Waals surface area contributed by atoms with E-state index in [1.807, 2.05) is 37.3 Å². The van der Waals surface area contributed by atoms with Crippen molar-refractivity contribution in [3.63, 3.8) is 0 Å². The first-order chi connectivity index (χ1) is 7.77. The molecule has 1 aromatic rings. The number of hydrogen-bond acceptors (Lipinski definition) is 2. The summed E-state index contributed by atoms with van der Waals surface area (Å²) in [5.74, 6) is 0.610. The zero-order chi connectivity index (χ0) is 11.1. The van der Waals surface area contributed by atoms with E-state index in [-0.39, 0.29) is 11.9 Å². The van der Waals surface area contributed by atoms with Crippen molar-refractivity contribution >= 4 is 11.4 Å². The summed E-state index contributed by atoms with van der Waals surface area (Å²) in [5.41, 5.74) is 3.18. The number of benzene rings is 1. The van der Waals surface area contributed by atoms with Crippen molar-refractivity contribution in [3.8, 4) is 0 Å². The Morgan fingerprint density at radius 1 is 1.25 bits per heavy atom. The number of Topliss-reactive ketones (excluding diaryl/α,β-unsaturated/α-hetero) is 1. The summed E-state index contributed by atoms with van der Waals surface area (Å²) in [6.07, 6.45) is 0.732. The Kier molecular flexibility index (Phi) is 2.18. The van der Waals surface area contributed by atoms with Crippen molar-refractivity contribution in [2.45, 2.75) is 19.4 Å². The van der Waals surface area contributed by atoms with Gasteiger partial charge in [-0.05, 0) is 18.1 Å². The zero-order valence-electron chi connectivity index (χ0n) is 9.27. The summed E-state index contributed by atoms with van der Waals surface area (Å²) in [5, 5.41) is 0. The van der Waals surface area contributed by atoms with Gasteiger partial charge in [-0.1, -0.05) is 30.3 Å². The SMILES string of the molecule is C[C@@H]1OC[C@@H]2CC(=O)C(c3ccccc3)=C21. The number of hydrogen-bond donors (Lipinski definition) is 0. The third kappa shape index (κ3) is 1.34. The number of fused-ring (bicyclic) bond motifs is 1. The first-order valence-corrected chi connectivity index (χ1v) is 5.71. The maximum Gasteiger partial charge on any atom is 0.164 e. The number of ether oxygens (including phenoxy) is 1. The van der Waals surface area contributed by atoms with Crippen LogP contribution < -0.4 is 0 Å². The molecule has 0 amide bonds. The Hall–Kier alpha value is -1.41. The largest absolute Gasteiger partial charge is 0.373 e. The van der Waals surface area contributed by atoms with E-state index >= 15 is 0 Å². The maximum atomic E-state index is 12.0. The summed E-state index contributed by atoms with van der Waals surface area (Å²) in [6, 6.07) is 9.94. The predicted molar refractivity (Wildman–Crippen MR) is 61.9 cm³/mol. The van der Waals surface area contributed by atoms with Crippen LogP contribution in [0.25, 0.3) is 5.57 Å². The van der Waals surface area contributed by atoms with Gasteiger partial charge >= 0.3 is 0 Å². The molecule has 0 spiro atoms. The van der Waals surface area contributed by atoms with Gasteiger partial charge < -0.3 is 4.74 Å². The molecule has 1 saturated heterocycles. The van der Waals surface area contributed by atoms with Crippen molar-refractivity contribution < 1.29 is 9.53 Å². The lowest BCUT2D eigenvalue weighted by Crippen LogP contribution is -2.05. The predicted octanol–water partition coefficient (Wildman–Crippen LogP) is 2.45. The monoisotopic (exact) mass is 214 g/mol. The molecule has 0 radical (unpaired) electrons. The van der Waals surface area contributed by atoms with Gasteiger partial charge in [0, 0.05) is 17.9 Å². The molecule has 16 heavy (non-hydrogen) atoms. The van der Waals surface area contributed by atoms with Crippen molar-refractivity contribution in [2.24, 2.45) is 5.92 Å². The van der Waals surface area contributed by atoms with E-state index in [9.17, 15) is 4.79 Å². The highest BCUT2D eigenvalue weighted by Crippen LogP contribution is 2.42. The number of ketones is 1. The summed E-state index contributed by atoms with van der Waals surface area (Å²) in [7, 11) is 0. The lowest BCUT2D eigenvalue weighted by Gasteiger charge is -2.08. The molecule has 1 aliphatic carbocycles. The quantitative estimate of drug-likeness (QED) is 0.717. The molecule has 0 bridgehead atoms. The van der Waals surface area contributed by atoms with E-state index in [1.54, 1.807) is 0 Å². The van der Waals surface area contributed by atoms with Crippen LogP contribution in [0.15, 0.2) is 35.9 Å². The number of carbonyl (C=O) groups excluding carboxylic acids is 1. The minimum atomic E-state index is 0.103. The van der Waals surface area contributed by atoms with Crippen LogP contribution in [-0.2, 0) is 9.53 Å². The Labute approximate surface area is 94.9 Å². The summed E-state index contributed by atoms with van der Waals surface area (Å²) in [6.45, 7) is 2.75. The molecule has 0 N–H and O–H groups in total. The fraction of sp³-hybridized carbons (Fsp3) is 0.357. The fourth-order valence-electron chi connectivity index (χ4n) is 2.77. The van der Waals surface area contributed by atoms with Crippen LogP contribution in [0.1, 0.15) is 18.9 Å². The Balaban J connectivity index is 2.14. The Morgan fingerprint density at radius 3 is 2.75 bits per heavy atom. The van der Waals surface area contributed by atoms with Gasteiger partial charge in [-0.3, -0.25) is 4.79 Å². The smallest absolute Gasteiger partial charge is 0.164 e. The van der Waals surface area contributed by atoms with Crippen LogP contribution >= 0.6 is 0 Å². The number of allylic oxidation sites excluding steroid dienone is 1. The lowest BCUT2D eigenvalue weighted by atomic mass is 9.97. The minimum Gasteiger partial charge on any atom is -0.373 e. The van der Waals surface area contributed by atoms with Crippen LogP contribution in [-0.4, -0.2) is 18.5 Å². The van der Waals surface area contributed by atoms with Crippen LogP contribution in [0.4, 0.5) is 0 Å². The molecule has 82 valence electrons. The minimum absolute atomic E-state index is 0.103. The summed E-state index contributed by atoms with van der Waals surface area (Å²) < 4.78 is 5.61. The average Bonchev–Trinajstić information content (AvgIpc) is 2.80. The van der Waals surface area contributed by atoms with E-state index in [0.29, 0.717) is 18.9 Å². The highest BCUT2D eigenvalue weighted by molar-refractivity contribution is 6.24.